The number of sulfonamides is 1. The van der Waals surface area contributed by atoms with Gasteiger partial charge in [0.2, 0.25) is 0 Å². The van der Waals surface area contributed by atoms with E-state index in [2.05, 4.69) is 17.4 Å². The van der Waals surface area contributed by atoms with Crippen molar-refractivity contribution < 1.29 is 17.9 Å². The topological polar surface area (TPSA) is 75.7 Å². The lowest BCUT2D eigenvalue weighted by Gasteiger charge is -2.26. The van der Waals surface area contributed by atoms with E-state index in [4.69, 9.17) is 4.74 Å². The molecule has 4 rings (SSSR count). The summed E-state index contributed by atoms with van der Waals surface area (Å²) in [5, 5.41) is 3.50. The molecule has 1 N–H and O–H groups in total. The molecule has 160 valence electrons. The monoisotopic (exact) mass is 428 g/mol. The minimum Gasteiger partial charge on any atom is -0.496 e. The van der Waals surface area contributed by atoms with Crippen molar-refractivity contribution in [2.24, 2.45) is 5.92 Å². The first-order valence-corrected chi connectivity index (χ1v) is 12.0. The Morgan fingerprint density at radius 2 is 1.97 bits per heavy atom. The summed E-state index contributed by atoms with van der Waals surface area (Å²) in [5.41, 5.74) is 3.00. The predicted octanol–water partition coefficient (Wildman–Crippen LogP) is 3.01. The molecule has 1 aliphatic carbocycles. The second-order valence-corrected chi connectivity index (χ2v) is 9.83. The van der Waals surface area contributed by atoms with Gasteiger partial charge in [-0.15, -0.1) is 0 Å². The van der Waals surface area contributed by atoms with Crippen molar-refractivity contribution in [1.82, 2.24) is 9.62 Å². The van der Waals surface area contributed by atoms with Gasteiger partial charge < -0.3 is 10.1 Å². The lowest BCUT2D eigenvalue weighted by molar-refractivity contribution is 0.0869. The molecule has 7 heteroatoms. The first kappa shape index (κ1) is 20.9. The van der Waals surface area contributed by atoms with Gasteiger partial charge in [0.05, 0.1) is 12.7 Å². The molecule has 0 spiro atoms. The van der Waals surface area contributed by atoms with E-state index in [0.717, 1.165) is 48.8 Å². The van der Waals surface area contributed by atoms with Crippen molar-refractivity contribution in [1.29, 1.82) is 0 Å². The third-order valence-corrected chi connectivity index (χ3v) is 7.91. The molecule has 30 heavy (non-hydrogen) atoms. The number of nitrogens with one attached hydrogen (secondary N) is 1. The fraction of sp³-hybridized carbons (Fsp3) is 0.435. The Labute approximate surface area is 178 Å². The second kappa shape index (κ2) is 8.78. The molecule has 0 bridgehead atoms. The van der Waals surface area contributed by atoms with E-state index < -0.39 is 15.9 Å². The van der Waals surface area contributed by atoms with Gasteiger partial charge in [-0.25, -0.2) is 12.7 Å². The zero-order valence-electron chi connectivity index (χ0n) is 17.3. The SMILES string of the molecule is COc1cccc2c1CC(CNCCCCN1C(=O)c3ccccc3S1(=O)=O)CC2. The van der Waals surface area contributed by atoms with Crippen molar-refractivity contribution >= 4 is 15.9 Å². The number of unbranched alkanes of at least 4 members (excludes halogenated alkanes) is 1. The Hall–Kier alpha value is -2.38. The van der Waals surface area contributed by atoms with Crippen LogP contribution in [0.15, 0.2) is 47.4 Å². The molecule has 6 nitrogen and oxygen atoms in total. The molecule has 0 radical (unpaired) electrons. The van der Waals surface area contributed by atoms with Crippen LogP contribution in [-0.4, -0.2) is 45.4 Å². The van der Waals surface area contributed by atoms with Crippen molar-refractivity contribution in [3.8, 4) is 5.75 Å². The highest BCUT2D eigenvalue weighted by Gasteiger charge is 2.40. The molecule has 1 aliphatic heterocycles. The van der Waals surface area contributed by atoms with Gasteiger partial charge in [0.25, 0.3) is 15.9 Å². The molecule has 1 amide bonds. The Morgan fingerprint density at radius 3 is 2.77 bits per heavy atom. The third kappa shape index (κ3) is 3.96. The van der Waals surface area contributed by atoms with Gasteiger partial charge in [0.1, 0.15) is 10.6 Å². The summed E-state index contributed by atoms with van der Waals surface area (Å²) in [6.45, 7) is 1.97. The Balaban J connectivity index is 1.21. The molecule has 0 aromatic heterocycles. The number of carbonyl (C=O) groups excluding carboxylic acids is 1. The van der Waals surface area contributed by atoms with Crippen LogP contribution >= 0.6 is 0 Å². The number of amides is 1. The fourth-order valence-electron chi connectivity index (χ4n) is 4.46. The van der Waals surface area contributed by atoms with Crippen LogP contribution in [0.1, 0.15) is 40.7 Å². The van der Waals surface area contributed by atoms with Crippen LogP contribution in [-0.2, 0) is 22.9 Å². The summed E-state index contributed by atoms with van der Waals surface area (Å²) < 4.78 is 31.6. The van der Waals surface area contributed by atoms with Gasteiger partial charge in [0, 0.05) is 6.54 Å². The van der Waals surface area contributed by atoms with E-state index in [1.54, 1.807) is 25.3 Å². The second-order valence-electron chi connectivity index (χ2n) is 8.00. The number of carbonyl (C=O) groups is 1. The number of aryl methyl sites for hydroxylation is 1. The Morgan fingerprint density at radius 1 is 1.13 bits per heavy atom. The fourth-order valence-corrected chi connectivity index (χ4v) is 6.06. The van der Waals surface area contributed by atoms with E-state index >= 15 is 0 Å². The van der Waals surface area contributed by atoms with Gasteiger partial charge in [-0.05, 0) is 80.4 Å². The van der Waals surface area contributed by atoms with E-state index in [0.29, 0.717) is 12.3 Å². The quantitative estimate of drug-likeness (QED) is 0.654. The lowest BCUT2D eigenvalue weighted by atomic mass is 9.83. The largest absolute Gasteiger partial charge is 0.496 e. The summed E-state index contributed by atoms with van der Waals surface area (Å²) in [6.07, 6.45) is 4.72. The van der Waals surface area contributed by atoms with Gasteiger partial charge in [0.15, 0.2) is 0 Å². The highest BCUT2D eigenvalue weighted by molar-refractivity contribution is 7.90. The number of methoxy groups -OCH3 is 1. The summed E-state index contributed by atoms with van der Waals surface area (Å²) in [4.78, 5) is 12.5. The van der Waals surface area contributed by atoms with Crippen LogP contribution in [0.3, 0.4) is 0 Å². The molecule has 0 fully saturated rings. The van der Waals surface area contributed by atoms with Crippen LogP contribution in [0.5, 0.6) is 5.75 Å². The van der Waals surface area contributed by atoms with Crippen LogP contribution in [0.2, 0.25) is 0 Å². The number of ether oxygens (including phenoxy) is 1. The molecule has 1 heterocycles. The van der Waals surface area contributed by atoms with Crippen LogP contribution in [0.4, 0.5) is 0 Å². The molecule has 0 saturated carbocycles. The van der Waals surface area contributed by atoms with E-state index in [-0.39, 0.29) is 17.0 Å². The number of benzene rings is 2. The predicted molar refractivity (Wildman–Crippen MR) is 115 cm³/mol. The zero-order valence-corrected chi connectivity index (χ0v) is 18.1. The van der Waals surface area contributed by atoms with Crippen molar-refractivity contribution in [3.05, 3.63) is 59.2 Å². The minimum absolute atomic E-state index is 0.126. The highest BCUT2D eigenvalue weighted by atomic mass is 32.2. The summed E-state index contributed by atoms with van der Waals surface area (Å²) in [7, 11) is -1.97. The maximum absolute atomic E-state index is 12.6. The molecule has 2 aromatic rings. The van der Waals surface area contributed by atoms with Crippen molar-refractivity contribution in [3.63, 3.8) is 0 Å². The number of hydrogen-bond acceptors (Lipinski definition) is 5. The van der Waals surface area contributed by atoms with Crippen LogP contribution < -0.4 is 10.1 Å². The number of nitrogens with zero attached hydrogens (tertiary/aromatic N) is 1. The normalized spacial score (nSPS) is 19.4. The van der Waals surface area contributed by atoms with Crippen molar-refractivity contribution in [2.75, 3.05) is 26.7 Å². The highest BCUT2D eigenvalue weighted by Crippen LogP contribution is 2.32. The molecule has 2 aromatic carbocycles. The lowest BCUT2D eigenvalue weighted by Crippen LogP contribution is -2.32. The number of rotatable bonds is 8. The molecule has 1 atom stereocenters. The summed E-state index contributed by atoms with van der Waals surface area (Å²) >= 11 is 0. The third-order valence-electron chi connectivity index (χ3n) is 6.07. The zero-order chi connectivity index (χ0) is 21.1. The number of fused-ring (bicyclic) bond motifs is 2. The molecule has 1 unspecified atom stereocenters. The van der Waals surface area contributed by atoms with E-state index in [9.17, 15) is 13.2 Å². The number of hydrogen-bond donors (Lipinski definition) is 1. The summed E-state index contributed by atoms with van der Waals surface area (Å²) in [5.74, 6) is 1.15. The van der Waals surface area contributed by atoms with E-state index in [1.807, 2.05) is 6.07 Å². The van der Waals surface area contributed by atoms with Crippen LogP contribution in [0, 0.1) is 5.92 Å². The molecular weight excluding hydrogens is 400 g/mol. The van der Waals surface area contributed by atoms with Gasteiger partial charge in [-0.2, -0.15) is 0 Å². The minimum atomic E-state index is -3.69. The molecule has 2 aliphatic rings. The smallest absolute Gasteiger partial charge is 0.269 e. The maximum Gasteiger partial charge on any atom is 0.269 e. The first-order chi connectivity index (χ1) is 14.5. The van der Waals surface area contributed by atoms with Gasteiger partial charge in [-0.3, -0.25) is 4.79 Å². The first-order valence-electron chi connectivity index (χ1n) is 10.5. The standard InChI is InChI=1S/C23H28N2O4S/c1-29-21-9-6-7-18-12-11-17(15-20(18)21)16-24-13-4-5-14-25-23(26)19-8-2-3-10-22(19)30(25,27)28/h2-3,6-10,17,24H,4-5,11-16H2,1H3. The molecular formula is C23H28N2O4S. The average Bonchev–Trinajstić information content (AvgIpc) is 2.96. The Bertz CT molecular complexity index is 1020. The Kier molecular flexibility index (Phi) is 6.11. The van der Waals surface area contributed by atoms with Gasteiger partial charge >= 0.3 is 0 Å². The van der Waals surface area contributed by atoms with Gasteiger partial charge in [-0.1, -0.05) is 24.3 Å². The van der Waals surface area contributed by atoms with E-state index in [1.165, 1.54) is 17.2 Å². The van der Waals surface area contributed by atoms with Crippen LogP contribution in [0.25, 0.3) is 0 Å². The van der Waals surface area contributed by atoms with Crippen molar-refractivity contribution in [2.45, 2.75) is 37.0 Å². The molecule has 0 saturated heterocycles. The summed E-state index contributed by atoms with van der Waals surface area (Å²) in [6, 6.07) is 12.7. The average molecular weight is 429 g/mol. The maximum atomic E-state index is 12.6.